The molecule has 0 spiro atoms. The van der Waals surface area contributed by atoms with Gasteiger partial charge in [-0.25, -0.2) is 29.9 Å². The van der Waals surface area contributed by atoms with E-state index in [0.29, 0.717) is 69.6 Å². The molecular formula is C55H35F6N9. The largest absolute Gasteiger partial charge is 0.416 e. The second-order valence-electron chi connectivity index (χ2n) is 17.0. The van der Waals surface area contributed by atoms with Gasteiger partial charge in [0.25, 0.3) is 0 Å². The second-order valence-corrected chi connectivity index (χ2v) is 17.0. The van der Waals surface area contributed by atoms with Gasteiger partial charge in [-0.3, -0.25) is 0 Å². The van der Waals surface area contributed by atoms with Crippen LogP contribution in [0.4, 0.5) is 26.3 Å². The smallest absolute Gasteiger partial charge is 0.309 e. The van der Waals surface area contributed by atoms with Crippen LogP contribution in [0, 0.1) is 39.0 Å². The maximum absolute atomic E-state index is 14.3. The Bertz CT molecular complexity index is 3940. The average molecular weight is 936 g/mol. The van der Waals surface area contributed by atoms with Gasteiger partial charge in [-0.2, -0.15) is 31.6 Å². The molecule has 0 aliphatic rings. The molecule has 70 heavy (non-hydrogen) atoms. The molecular weight excluding hydrogens is 901 g/mol. The standard InChI is InChI=1S/C55H35F6N9/c1-29-63-30(2)66-52(65-29)34-15-19-49-44(24-34)41-9-5-7-11-47(41)69(49)40-17-13-36(28-62)43(27-40)46-23-33(37-21-38(54(56,57)58)26-39(22-37)55(59,60)61)14-18-51(46)70-48-12-8-6-10-42(48)45-25-35(16-20-50(45)70)53-67-31(3)64-32(4)68-53/h5-27H,1-4H3. The minimum absolute atomic E-state index is 0.0708. The number of hydrogen-bond acceptors (Lipinski definition) is 7. The maximum atomic E-state index is 14.3. The lowest BCUT2D eigenvalue weighted by molar-refractivity contribution is -0.143. The van der Waals surface area contributed by atoms with Crippen molar-refractivity contribution in [1.29, 1.82) is 5.26 Å². The molecule has 0 saturated heterocycles. The predicted molar refractivity (Wildman–Crippen MR) is 257 cm³/mol. The van der Waals surface area contributed by atoms with Gasteiger partial charge in [-0.15, -0.1) is 0 Å². The van der Waals surface area contributed by atoms with E-state index in [-0.39, 0.29) is 22.8 Å². The van der Waals surface area contributed by atoms with Gasteiger partial charge in [0.1, 0.15) is 23.3 Å². The first-order valence-electron chi connectivity index (χ1n) is 22.0. The number of aromatic nitrogens is 8. The van der Waals surface area contributed by atoms with Gasteiger partial charge < -0.3 is 9.13 Å². The lowest BCUT2D eigenvalue weighted by atomic mass is 9.92. The van der Waals surface area contributed by atoms with Crippen molar-refractivity contribution in [2.45, 2.75) is 40.0 Å². The SMILES string of the molecule is Cc1nc(C)nc(-c2ccc3c(c2)c2ccccc2n3-c2ccc(C#N)c(-c3cc(-c4cc(C(F)(F)F)cc(C(F)(F)F)c4)ccc3-n3c4ccccc4c4cc(-c5nc(C)nc(C)n5)ccc43)c2)n1. The van der Waals surface area contributed by atoms with E-state index in [4.69, 9.17) is 0 Å². The van der Waals surface area contributed by atoms with Crippen LogP contribution >= 0.6 is 0 Å². The molecule has 342 valence electrons. The van der Waals surface area contributed by atoms with E-state index in [1.807, 2.05) is 115 Å². The fourth-order valence-corrected chi connectivity index (χ4v) is 9.49. The van der Waals surface area contributed by atoms with Crippen molar-refractivity contribution in [2.75, 3.05) is 0 Å². The van der Waals surface area contributed by atoms with Crippen molar-refractivity contribution < 1.29 is 26.3 Å². The zero-order valence-corrected chi connectivity index (χ0v) is 37.6. The van der Waals surface area contributed by atoms with Crippen LogP contribution in [0.1, 0.15) is 40.0 Å². The van der Waals surface area contributed by atoms with Crippen LogP contribution in [-0.4, -0.2) is 39.0 Å². The predicted octanol–water partition coefficient (Wildman–Crippen LogP) is 14.1. The van der Waals surface area contributed by atoms with E-state index in [9.17, 15) is 31.6 Å². The van der Waals surface area contributed by atoms with Crippen molar-refractivity contribution in [3.63, 3.8) is 0 Å². The zero-order chi connectivity index (χ0) is 48.8. The molecule has 15 heteroatoms. The third kappa shape index (κ3) is 7.54. The van der Waals surface area contributed by atoms with Crippen molar-refractivity contribution in [3.05, 3.63) is 180 Å². The Morgan fingerprint density at radius 2 is 0.886 bits per heavy atom. The summed E-state index contributed by atoms with van der Waals surface area (Å²) in [7, 11) is 0. The van der Waals surface area contributed by atoms with Crippen LogP contribution in [0.25, 0.3) is 100 Å². The number of alkyl halides is 6. The highest BCUT2D eigenvalue weighted by Gasteiger charge is 2.37. The van der Waals surface area contributed by atoms with E-state index in [0.717, 1.165) is 54.7 Å². The van der Waals surface area contributed by atoms with Crippen LogP contribution in [0.15, 0.2) is 140 Å². The number of halogens is 6. The molecule has 0 bridgehead atoms. The summed E-state index contributed by atoms with van der Waals surface area (Å²) < 4.78 is 90.0. The van der Waals surface area contributed by atoms with Gasteiger partial charge in [0.05, 0.1) is 50.5 Å². The number of rotatable bonds is 6. The fourth-order valence-electron chi connectivity index (χ4n) is 9.49. The normalized spacial score (nSPS) is 12.1. The van der Waals surface area contributed by atoms with Crippen molar-refractivity contribution in [3.8, 4) is 62.5 Å². The Labute approximate surface area is 395 Å². The molecule has 0 aliphatic carbocycles. The van der Waals surface area contributed by atoms with Crippen LogP contribution in [0.2, 0.25) is 0 Å². The van der Waals surface area contributed by atoms with Gasteiger partial charge in [0.2, 0.25) is 0 Å². The first-order chi connectivity index (χ1) is 33.5. The lowest BCUT2D eigenvalue weighted by Crippen LogP contribution is -2.11. The molecule has 0 unspecified atom stereocenters. The highest BCUT2D eigenvalue weighted by Crippen LogP contribution is 2.44. The van der Waals surface area contributed by atoms with Crippen LogP contribution < -0.4 is 0 Å². The summed E-state index contributed by atoms with van der Waals surface area (Å²) in [6.45, 7) is 7.20. The van der Waals surface area contributed by atoms with Crippen LogP contribution in [0.5, 0.6) is 0 Å². The molecule has 0 radical (unpaired) electrons. The molecule has 11 aromatic rings. The first-order valence-corrected chi connectivity index (χ1v) is 22.0. The van der Waals surface area contributed by atoms with Crippen LogP contribution in [-0.2, 0) is 12.4 Å². The molecule has 0 N–H and O–H groups in total. The van der Waals surface area contributed by atoms with Gasteiger partial charge >= 0.3 is 12.4 Å². The second kappa shape index (κ2) is 16.2. The van der Waals surface area contributed by atoms with Gasteiger partial charge in [-0.1, -0.05) is 42.5 Å². The molecule has 4 aromatic heterocycles. The number of benzene rings is 7. The number of nitriles is 1. The monoisotopic (exact) mass is 935 g/mol. The Hall–Kier alpha value is -8.77. The van der Waals surface area contributed by atoms with E-state index in [1.165, 1.54) is 6.07 Å². The summed E-state index contributed by atoms with van der Waals surface area (Å²) >= 11 is 0. The quantitative estimate of drug-likeness (QED) is 0.153. The fraction of sp³-hybridized carbons (Fsp3) is 0.109. The average Bonchev–Trinajstić information content (AvgIpc) is 3.84. The molecule has 7 aromatic carbocycles. The topological polar surface area (TPSA) is 111 Å². The zero-order valence-electron chi connectivity index (χ0n) is 37.6. The molecule has 9 nitrogen and oxygen atoms in total. The van der Waals surface area contributed by atoms with E-state index < -0.39 is 23.5 Å². The summed E-state index contributed by atoms with van der Waals surface area (Å²) in [6.07, 6.45) is -10.2. The maximum Gasteiger partial charge on any atom is 0.416 e. The Balaban J connectivity index is 1.19. The number of hydrogen-bond donors (Lipinski definition) is 0. The number of fused-ring (bicyclic) bond motifs is 6. The minimum Gasteiger partial charge on any atom is -0.309 e. The van der Waals surface area contributed by atoms with E-state index in [1.54, 1.807) is 32.0 Å². The summed E-state index contributed by atoms with van der Waals surface area (Å²) in [6, 6.07) is 41.2. The molecule has 0 aliphatic heterocycles. The lowest BCUT2D eigenvalue weighted by Gasteiger charge is -2.19. The third-order valence-corrected chi connectivity index (χ3v) is 12.4. The molecule has 0 fully saturated rings. The van der Waals surface area contributed by atoms with Crippen molar-refractivity contribution in [2.24, 2.45) is 0 Å². The molecule has 0 amide bonds. The molecule has 4 heterocycles. The minimum atomic E-state index is -5.08. The Kier molecular flexibility index (Phi) is 10.1. The van der Waals surface area contributed by atoms with E-state index >= 15 is 0 Å². The highest BCUT2D eigenvalue weighted by molar-refractivity contribution is 6.12. The van der Waals surface area contributed by atoms with Gasteiger partial charge in [0.15, 0.2) is 11.6 Å². The molecule has 0 saturated carbocycles. The molecule has 0 atom stereocenters. The number of nitrogens with zero attached hydrogens (tertiary/aromatic N) is 9. The van der Waals surface area contributed by atoms with Crippen LogP contribution in [0.3, 0.4) is 0 Å². The third-order valence-electron chi connectivity index (χ3n) is 12.4. The highest BCUT2D eigenvalue weighted by atomic mass is 19.4. The summed E-state index contributed by atoms with van der Waals surface area (Å²) in [5, 5.41) is 14.4. The number of para-hydroxylation sites is 2. The summed E-state index contributed by atoms with van der Waals surface area (Å²) in [4.78, 5) is 27.0. The van der Waals surface area contributed by atoms with Crippen molar-refractivity contribution >= 4 is 43.6 Å². The Morgan fingerprint density at radius 3 is 1.40 bits per heavy atom. The van der Waals surface area contributed by atoms with Gasteiger partial charge in [0, 0.05) is 49.5 Å². The summed E-state index contributed by atoms with van der Waals surface area (Å²) in [5.41, 5.74) is 3.68. The van der Waals surface area contributed by atoms with E-state index in [2.05, 4.69) is 40.5 Å². The number of aryl methyl sites for hydroxylation is 4. The Morgan fingerprint density at radius 1 is 0.414 bits per heavy atom. The molecule has 11 rings (SSSR count). The van der Waals surface area contributed by atoms with Gasteiger partial charge in [-0.05, 0) is 136 Å². The van der Waals surface area contributed by atoms with Crippen molar-refractivity contribution in [1.82, 2.24) is 39.0 Å². The summed E-state index contributed by atoms with van der Waals surface area (Å²) in [5.74, 6) is 3.30. The first kappa shape index (κ1) is 43.8.